The number of aryl methyl sites for hydroxylation is 1. The van der Waals surface area contributed by atoms with Gasteiger partial charge in [-0.1, -0.05) is 46.0 Å². The molecule has 0 radical (unpaired) electrons. The van der Waals surface area contributed by atoms with Gasteiger partial charge in [-0.2, -0.15) is 0 Å². The Morgan fingerprint density at radius 1 is 1.07 bits per heavy atom. The number of carbonyl (C=O) groups is 2. The molecule has 1 aromatic heterocycles. The van der Waals surface area contributed by atoms with E-state index in [1.807, 2.05) is 0 Å². The zero-order chi connectivity index (χ0) is 20.4. The van der Waals surface area contributed by atoms with E-state index in [2.05, 4.69) is 10.6 Å². The highest BCUT2D eigenvalue weighted by Gasteiger charge is 2.27. The first-order valence-electron chi connectivity index (χ1n) is 7.86. The maximum atomic E-state index is 12.9. The number of primary amides is 1. The Kier molecular flexibility index (Phi) is 5.79. The lowest BCUT2D eigenvalue weighted by Gasteiger charge is -2.21. The van der Waals surface area contributed by atoms with Gasteiger partial charge >= 0.3 is 6.03 Å². The highest BCUT2D eigenvalue weighted by Crippen LogP contribution is 2.36. The number of hydrazine groups is 1. The van der Waals surface area contributed by atoms with Crippen molar-refractivity contribution in [1.29, 1.82) is 0 Å². The van der Waals surface area contributed by atoms with Crippen LogP contribution in [0.15, 0.2) is 47.0 Å². The Labute approximate surface area is 174 Å². The molecule has 2 aromatic carbocycles. The smallest absolute Gasteiger partial charge is 0.338 e. The Morgan fingerprint density at radius 2 is 1.68 bits per heavy atom. The van der Waals surface area contributed by atoms with Gasteiger partial charge in [-0.15, -0.1) is 0 Å². The van der Waals surface area contributed by atoms with Gasteiger partial charge in [0.25, 0.3) is 5.91 Å². The lowest BCUT2D eigenvalue weighted by Crippen LogP contribution is -2.49. The average Bonchev–Trinajstić information content (AvgIpc) is 3.01. The van der Waals surface area contributed by atoms with E-state index in [0.717, 1.165) is 5.01 Å². The van der Waals surface area contributed by atoms with E-state index in [-0.39, 0.29) is 17.0 Å². The molecule has 0 atom stereocenters. The second kappa shape index (κ2) is 8.10. The highest BCUT2D eigenvalue weighted by atomic mass is 35.5. The number of anilines is 1. The van der Waals surface area contributed by atoms with Gasteiger partial charge in [-0.25, -0.2) is 9.80 Å². The van der Waals surface area contributed by atoms with Crippen molar-refractivity contribution in [3.63, 3.8) is 0 Å². The number of benzene rings is 2. The van der Waals surface area contributed by atoms with Crippen molar-refractivity contribution in [3.8, 4) is 11.3 Å². The molecule has 3 rings (SSSR count). The average molecular weight is 440 g/mol. The van der Waals surface area contributed by atoms with Crippen molar-refractivity contribution in [2.45, 2.75) is 6.92 Å². The number of halogens is 3. The van der Waals surface area contributed by atoms with Gasteiger partial charge in [0.2, 0.25) is 0 Å². The topological polar surface area (TPSA) is 101 Å². The molecule has 3 amide bonds. The zero-order valence-corrected chi connectivity index (χ0v) is 16.6. The van der Waals surface area contributed by atoms with Crippen LogP contribution in [0.4, 0.5) is 10.5 Å². The molecule has 144 valence electrons. The van der Waals surface area contributed by atoms with E-state index in [9.17, 15) is 9.59 Å². The van der Waals surface area contributed by atoms with E-state index < -0.39 is 11.9 Å². The summed E-state index contributed by atoms with van der Waals surface area (Å²) in [5.74, 6) is -0.470. The molecule has 0 saturated heterocycles. The fourth-order valence-corrected chi connectivity index (χ4v) is 3.23. The molecule has 0 aliphatic rings. The predicted molar refractivity (Wildman–Crippen MR) is 108 cm³/mol. The monoisotopic (exact) mass is 438 g/mol. The number of nitrogens with two attached hydrogens (primary N) is 1. The summed E-state index contributed by atoms with van der Waals surface area (Å²) < 4.78 is 5.16. The van der Waals surface area contributed by atoms with E-state index in [4.69, 9.17) is 45.1 Å². The van der Waals surface area contributed by atoms with Crippen molar-refractivity contribution in [1.82, 2.24) is 10.6 Å². The summed E-state index contributed by atoms with van der Waals surface area (Å²) in [5.41, 5.74) is 8.70. The molecular formula is C18H13Cl3N4O3. The van der Waals surface area contributed by atoms with Crippen LogP contribution in [0.2, 0.25) is 15.1 Å². The minimum Gasteiger partial charge on any atom is -0.360 e. The van der Waals surface area contributed by atoms with Crippen molar-refractivity contribution >= 4 is 52.4 Å². The number of hydrogen-bond donors (Lipinski definition) is 2. The van der Waals surface area contributed by atoms with Gasteiger partial charge in [0.1, 0.15) is 17.0 Å². The normalized spacial score (nSPS) is 10.6. The third-order valence-corrected chi connectivity index (χ3v) is 4.69. The molecular weight excluding hydrogens is 427 g/mol. The van der Waals surface area contributed by atoms with Crippen LogP contribution < -0.4 is 16.2 Å². The highest BCUT2D eigenvalue weighted by molar-refractivity contribution is 6.39. The van der Waals surface area contributed by atoms with Crippen molar-refractivity contribution < 1.29 is 14.1 Å². The summed E-state index contributed by atoms with van der Waals surface area (Å²) >= 11 is 18.3. The summed E-state index contributed by atoms with van der Waals surface area (Å²) in [4.78, 5) is 24.8. The Morgan fingerprint density at radius 3 is 2.25 bits per heavy atom. The molecule has 0 bridgehead atoms. The number of urea groups is 1. The fraction of sp³-hybridized carbons (Fsp3) is 0.0556. The predicted octanol–water partition coefficient (Wildman–Crippen LogP) is 4.84. The first kappa shape index (κ1) is 20.0. The van der Waals surface area contributed by atoms with Crippen LogP contribution in [0.25, 0.3) is 11.3 Å². The summed E-state index contributed by atoms with van der Waals surface area (Å²) in [6.07, 6.45) is 0. The lowest BCUT2D eigenvalue weighted by molar-refractivity contribution is 0.0950. The van der Waals surface area contributed by atoms with Gasteiger partial charge in [-0.05, 0) is 43.3 Å². The van der Waals surface area contributed by atoms with Crippen molar-refractivity contribution in [2.75, 3.05) is 5.01 Å². The molecule has 10 heteroatoms. The van der Waals surface area contributed by atoms with Crippen LogP contribution in [0.5, 0.6) is 0 Å². The molecule has 3 N–H and O–H groups in total. The molecule has 0 spiro atoms. The van der Waals surface area contributed by atoms with Gasteiger partial charge in [0.05, 0.1) is 15.7 Å². The van der Waals surface area contributed by atoms with Crippen molar-refractivity contribution in [2.24, 2.45) is 5.73 Å². The largest absolute Gasteiger partial charge is 0.360 e. The van der Waals surface area contributed by atoms with Crippen LogP contribution in [-0.2, 0) is 0 Å². The van der Waals surface area contributed by atoms with Crippen LogP contribution in [0.3, 0.4) is 0 Å². The molecule has 28 heavy (non-hydrogen) atoms. The minimum atomic E-state index is -0.901. The van der Waals surface area contributed by atoms with Gasteiger partial charge in [0.15, 0.2) is 0 Å². The van der Waals surface area contributed by atoms with Gasteiger partial charge in [0, 0.05) is 10.6 Å². The van der Waals surface area contributed by atoms with Crippen molar-refractivity contribution in [3.05, 3.63) is 68.9 Å². The quantitative estimate of drug-likeness (QED) is 0.570. The number of aromatic nitrogens is 1. The lowest BCUT2D eigenvalue weighted by atomic mass is 10.1. The van der Waals surface area contributed by atoms with Crippen LogP contribution in [0, 0.1) is 6.92 Å². The summed E-state index contributed by atoms with van der Waals surface area (Å²) in [7, 11) is 0. The summed E-state index contributed by atoms with van der Waals surface area (Å²) in [5, 5.41) is 5.83. The number of nitrogens with one attached hydrogen (secondary N) is 1. The number of amides is 3. The molecule has 0 saturated carbocycles. The molecule has 0 fully saturated rings. The molecule has 1 heterocycles. The minimum absolute atomic E-state index is 0.0650. The molecule has 0 aliphatic heterocycles. The van der Waals surface area contributed by atoms with Gasteiger partial charge in [-0.3, -0.25) is 10.2 Å². The maximum absolute atomic E-state index is 12.9. The second-order valence-corrected chi connectivity index (χ2v) is 6.90. The molecule has 7 nitrogen and oxygen atoms in total. The Bertz CT molecular complexity index is 1030. The van der Waals surface area contributed by atoms with Crippen LogP contribution in [0.1, 0.15) is 16.1 Å². The summed E-state index contributed by atoms with van der Waals surface area (Å²) in [6, 6.07) is 10.1. The third-order valence-electron chi connectivity index (χ3n) is 3.81. The molecule has 3 aromatic rings. The van der Waals surface area contributed by atoms with E-state index >= 15 is 0 Å². The summed E-state index contributed by atoms with van der Waals surface area (Å²) in [6.45, 7) is 1.55. The third kappa shape index (κ3) is 3.91. The first-order chi connectivity index (χ1) is 13.3. The number of hydrogen-bond acceptors (Lipinski definition) is 4. The first-order valence-corrected chi connectivity index (χ1v) is 8.99. The number of rotatable bonds is 3. The fourth-order valence-electron chi connectivity index (χ4n) is 2.53. The SMILES string of the molecule is Cc1onc(-c2c(Cl)cccc2Cl)c1C(=O)NN(C(N)=O)c1ccc(Cl)cc1. The van der Waals surface area contributed by atoms with E-state index in [1.165, 1.54) is 12.1 Å². The number of carbonyl (C=O) groups excluding carboxylic acids is 2. The van der Waals surface area contributed by atoms with E-state index in [1.54, 1.807) is 37.3 Å². The standard InChI is InChI=1S/C18H13Cl3N4O3/c1-9-14(16(24-28-9)15-12(20)3-2-4-13(15)21)17(26)23-25(18(22)27)11-7-5-10(19)6-8-11/h2-8H,1H3,(H2,22,27)(H,23,26). The van der Waals surface area contributed by atoms with Crippen LogP contribution >= 0.6 is 34.8 Å². The van der Waals surface area contributed by atoms with E-state index in [0.29, 0.717) is 26.3 Å². The Hall–Kier alpha value is -2.74. The van der Waals surface area contributed by atoms with Gasteiger partial charge < -0.3 is 10.3 Å². The second-order valence-electron chi connectivity index (χ2n) is 5.65. The molecule has 0 unspecified atom stereocenters. The Balaban J connectivity index is 2.00. The zero-order valence-electron chi connectivity index (χ0n) is 14.4. The molecule has 0 aliphatic carbocycles. The maximum Gasteiger partial charge on any atom is 0.338 e. The number of nitrogens with zero attached hydrogens (tertiary/aromatic N) is 2. The van der Waals surface area contributed by atoms with Crippen LogP contribution in [-0.4, -0.2) is 17.1 Å².